The molecule has 0 saturated heterocycles. The summed E-state index contributed by atoms with van der Waals surface area (Å²) in [4.78, 5) is 11.8. The molecule has 3 nitrogen and oxygen atoms in total. The van der Waals surface area contributed by atoms with Gasteiger partial charge in [-0.15, -0.1) is 0 Å². The molecule has 0 heterocycles. The zero-order chi connectivity index (χ0) is 12.1. The normalized spacial score (nSPS) is 21.8. The maximum Gasteiger partial charge on any atom is 0.237 e. The molecule has 3 heteroatoms. The molecule has 1 fully saturated rings. The van der Waals surface area contributed by atoms with Crippen LogP contribution in [-0.2, 0) is 4.79 Å². The van der Waals surface area contributed by atoms with E-state index >= 15 is 0 Å². The van der Waals surface area contributed by atoms with E-state index in [0.717, 1.165) is 0 Å². The average Bonchev–Trinajstić information content (AvgIpc) is 2.28. The van der Waals surface area contributed by atoms with Crippen molar-refractivity contribution in [2.24, 2.45) is 17.6 Å². The van der Waals surface area contributed by atoms with Gasteiger partial charge >= 0.3 is 0 Å². The fourth-order valence-corrected chi connectivity index (χ4v) is 2.38. The summed E-state index contributed by atoms with van der Waals surface area (Å²) < 4.78 is 0. The van der Waals surface area contributed by atoms with E-state index in [9.17, 15) is 4.79 Å². The highest BCUT2D eigenvalue weighted by Crippen LogP contribution is 2.26. The van der Waals surface area contributed by atoms with Crippen molar-refractivity contribution in [2.45, 2.75) is 65.0 Å². The zero-order valence-electron chi connectivity index (χ0n) is 10.8. The van der Waals surface area contributed by atoms with Crippen LogP contribution < -0.4 is 11.1 Å². The van der Waals surface area contributed by atoms with Crippen LogP contribution in [0.4, 0.5) is 0 Å². The third-order valence-corrected chi connectivity index (χ3v) is 3.75. The largest absolute Gasteiger partial charge is 0.352 e. The summed E-state index contributed by atoms with van der Waals surface area (Å²) in [6.07, 6.45) is 6.46. The van der Waals surface area contributed by atoms with Gasteiger partial charge in [-0.05, 0) is 31.6 Å². The van der Waals surface area contributed by atoms with E-state index < -0.39 is 0 Å². The van der Waals surface area contributed by atoms with Crippen molar-refractivity contribution in [3.8, 4) is 0 Å². The number of carbonyl (C=O) groups is 1. The highest BCUT2D eigenvalue weighted by atomic mass is 16.2. The van der Waals surface area contributed by atoms with Gasteiger partial charge < -0.3 is 11.1 Å². The highest BCUT2D eigenvalue weighted by Gasteiger charge is 2.24. The van der Waals surface area contributed by atoms with E-state index in [1.807, 2.05) is 13.8 Å². The van der Waals surface area contributed by atoms with E-state index in [2.05, 4.69) is 12.2 Å². The maximum absolute atomic E-state index is 11.8. The van der Waals surface area contributed by atoms with Gasteiger partial charge in [0, 0.05) is 6.04 Å². The molecule has 0 aliphatic heterocycles. The van der Waals surface area contributed by atoms with Crippen LogP contribution in [0.1, 0.15) is 52.9 Å². The third-order valence-electron chi connectivity index (χ3n) is 3.75. The third kappa shape index (κ3) is 3.78. The molecule has 0 aromatic carbocycles. The number of hydrogen-bond acceptors (Lipinski definition) is 2. The molecule has 1 aliphatic rings. The topological polar surface area (TPSA) is 55.1 Å². The quantitative estimate of drug-likeness (QED) is 0.771. The number of hydrogen-bond donors (Lipinski definition) is 2. The van der Waals surface area contributed by atoms with Crippen LogP contribution in [0.2, 0.25) is 0 Å². The van der Waals surface area contributed by atoms with Crippen LogP contribution in [0.3, 0.4) is 0 Å². The summed E-state index contributed by atoms with van der Waals surface area (Å²) in [6, 6.07) is -0.0939. The molecule has 0 aromatic rings. The number of amides is 1. The van der Waals surface area contributed by atoms with E-state index in [1.54, 1.807) is 0 Å². The Labute approximate surface area is 99.2 Å². The lowest BCUT2D eigenvalue weighted by Crippen LogP contribution is -2.49. The molecule has 0 unspecified atom stereocenters. The Bertz CT molecular complexity index is 222. The Morgan fingerprint density at radius 1 is 1.19 bits per heavy atom. The average molecular weight is 226 g/mol. The molecule has 0 radical (unpaired) electrons. The predicted octanol–water partition coefficient (Wildman–Crippen LogP) is 2.05. The molecule has 2 atom stereocenters. The highest BCUT2D eigenvalue weighted by molar-refractivity contribution is 5.81. The molecule has 0 spiro atoms. The summed E-state index contributed by atoms with van der Waals surface area (Å²) in [5.74, 6) is 0.865. The predicted molar refractivity (Wildman–Crippen MR) is 67.0 cm³/mol. The van der Waals surface area contributed by atoms with Crippen molar-refractivity contribution in [2.75, 3.05) is 0 Å². The van der Waals surface area contributed by atoms with Gasteiger partial charge in [0.1, 0.15) is 0 Å². The van der Waals surface area contributed by atoms with E-state index in [-0.39, 0.29) is 23.9 Å². The van der Waals surface area contributed by atoms with Gasteiger partial charge in [-0.25, -0.2) is 0 Å². The Morgan fingerprint density at radius 2 is 1.75 bits per heavy atom. The lowest BCUT2D eigenvalue weighted by molar-refractivity contribution is -0.124. The van der Waals surface area contributed by atoms with Crippen molar-refractivity contribution < 1.29 is 4.79 Å². The lowest BCUT2D eigenvalue weighted by Gasteiger charge is -2.29. The van der Waals surface area contributed by atoms with Crippen molar-refractivity contribution in [3.05, 3.63) is 0 Å². The molecule has 1 amide bonds. The molecule has 1 aliphatic carbocycles. The monoisotopic (exact) mass is 226 g/mol. The Kier molecular flexibility index (Phi) is 5.26. The summed E-state index contributed by atoms with van der Waals surface area (Å²) >= 11 is 0. The fraction of sp³-hybridized carbons (Fsp3) is 0.923. The van der Waals surface area contributed by atoms with Crippen LogP contribution in [-0.4, -0.2) is 18.0 Å². The zero-order valence-corrected chi connectivity index (χ0v) is 10.8. The minimum atomic E-state index is -0.369. The van der Waals surface area contributed by atoms with Crippen LogP contribution in [0, 0.1) is 11.8 Å². The Hall–Kier alpha value is -0.570. The molecule has 3 N–H and O–H groups in total. The SMILES string of the molecule is CC(C)[C@H](N)C(=O)N[C@H](C)C1CCCCC1. The minimum Gasteiger partial charge on any atom is -0.352 e. The van der Waals surface area contributed by atoms with Crippen molar-refractivity contribution in [3.63, 3.8) is 0 Å². The first-order valence-corrected chi connectivity index (χ1v) is 6.58. The smallest absolute Gasteiger partial charge is 0.237 e. The van der Waals surface area contributed by atoms with Gasteiger partial charge in [0.25, 0.3) is 0 Å². The van der Waals surface area contributed by atoms with E-state index in [4.69, 9.17) is 5.73 Å². The second-order valence-corrected chi connectivity index (χ2v) is 5.47. The van der Waals surface area contributed by atoms with Gasteiger partial charge in [0.15, 0.2) is 0 Å². The Balaban J connectivity index is 2.37. The summed E-state index contributed by atoms with van der Waals surface area (Å²) in [5, 5.41) is 3.07. The standard InChI is InChI=1S/C13H26N2O/c1-9(2)12(14)13(16)15-10(3)11-7-5-4-6-8-11/h9-12H,4-8,14H2,1-3H3,(H,15,16)/t10-,12+/m1/s1. The van der Waals surface area contributed by atoms with Gasteiger partial charge in [-0.3, -0.25) is 4.79 Å². The van der Waals surface area contributed by atoms with Crippen LogP contribution in [0.25, 0.3) is 0 Å². The van der Waals surface area contributed by atoms with Crippen LogP contribution in [0.15, 0.2) is 0 Å². The summed E-state index contributed by atoms with van der Waals surface area (Å²) in [7, 11) is 0. The lowest BCUT2D eigenvalue weighted by atomic mass is 9.84. The van der Waals surface area contributed by atoms with Crippen molar-refractivity contribution in [1.29, 1.82) is 0 Å². The molecular formula is C13H26N2O. The first-order valence-electron chi connectivity index (χ1n) is 6.58. The molecule has 0 bridgehead atoms. The van der Waals surface area contributed by atoms with Gasteiger partial charge in [-0.2, -0.15) is 0 Å². The number of nitrogens with one attached hydrogen (secondary N) is 1. The van der Waals surface area contributed by atoms with Crippen molar-refractivity contribution in [1.82, 2.24) is 5.32 Å². The first-order chi connectivity index (χ1) is 7.52. The van der Waals surface area contributed by atoms with E-state index in [0.29, 0.717) is 5.92 Å². The second kappa shape index (κ2) is 6.24. The van der Waals surface area contributed by atoms with E-state index in [1.165, 1.54) is 32.1 Å². The van der Waals surface area contributed by atoms with Gasteiger partial charge in [0.2, 0.25) is 5.91 Å². The summed E-state index contributed by atoms with van der Waals surface area (Å²) in [5.41, 5.74) is 5.83. The maximum atomic E-state index is 11.8. The van der Waals surface area contributed by atoms with Gasteiger partial charge in [-0.1, -0.05) is 33.1 Å². The molecular weight excluding hydrogens is 200 g/mol. The second-order valence-electron chi connectivity index (χ2n) is 5.47. The van der Waals surface area contributed by atoms with Crippen LogP contribution in [0.5, 0.6) is 0 Å². The number of nitrogens with two attached hydrogens (primary N) is 1. The molecule has 94 valence electrons. The van der Waals surface area contributed by atoms with Crippen LogP contribution >= 0.6 is 0 Å². The number of carbonyl (C=O) groups excluding carboxylic acids is 1. The van der Waals surface area contributed by atoms with Gasteiger partial charge in [0.05, 0.1) is 6.04 Å². The minimum absolute atomic E-state index is 0.00748. The number of rotatable bonds is 4. The first kappa shape index (κ1) is 13.5. The molecule has 1 rings (SSSR count). The van der Waals surface area contributed by atoms with Crippen molar-refractivity contribution >= 4 is 5.91 Å². The Morgan fingerprint density at radius 3 is 2.25 bits per heavy atom. The molecule has 1 saturated carbocycles. The summed E-state index contributed by atoms with van der Waals surface area (Å²) in [6.45, 7) is 6.08. The molecule has 16 heavy (non-hydrogen) atoms. The fourth-order valence-electron chi connectivity index (χ4n) is 2.38. The molecule has 0 aromatic heterocycles.